The average Bonchev–Trinajstić information content (AvgIpc) is 0.811. The summed E-state index contributed by atoms with van der Waals surface area (Å²) in [5.74, 6) is 0. The Morgan fingerprint density at radius 2 is 1.33 bits per heavy atom. The molecule has 2 N–H and O–H groups in total. The van der Waals surface area contributed by atoms with E-state index < -0.39 is 6.16 Å². The number of carbonyl (C=O) groups is 1. The van der Waals surface area contributed by atoms with E-state index in [2.05, 4.69) is 0 Å². The van der Waals surface area contributed by atoms with Crippen LogP contribution in [0.5, 0.6) is 0 Å². The number of hydrogen-bond donors (Lipinski definition) is 2. The Morgan fingerprint density at radius 1 is 1.33 bits per heavy atom. The van der Waals surface area contributed by atoms with Gasteiger partial charge in [-0.2, -0.15) is 0 Å². The Bertz CT molecular complexity index is 33.8. The summed E-state index contributed by atoms with van der Waals surface area (Å²) in [6.07, 6.45) is -1.83. The Balaban J connectivity index is -0.0000000450. The van der Waals surface area contributed by atoms with Crippen LogP contribution in [0.1, 0.15) is 0 Å². The van der Waals surface area contributed by atoms with Gasteiger partial charge in [0, 0.05) is 19.5 Å². The number of rotatable bonds is 0. The summed E-state index contributed by atoms with van der Waals surface area (Å²) in [5, 5.41) is 13.9. The van der Waals surface area contributed by atoms with Gasteiger partial charge >= 0.3 is 32.4 Å². The Labute approximate surface area is 66.6 Å². The topological polar surface area (TPSA) is 57.5 Å². The maximum absolute atomic E-state index is 8.56. The quantitative estimate of drug-likeness (QED) is 0.559. The summed E-state index contributed by atoms with van der Waals surface area (Å²) in [4.78, 5) is 8.56. The second kappa shape index (κ2) is 9.24. The average molecular weight is 339 g/mol. The molecule has 0 heterocycles. The van der Waals surface area contributed by atoms with E-state index in [4.69, 9.17) is 15.0 Å². The van der Waals surface area contributed by atoms with Crippen LogP contribution in [0.15, 0.2) is 0 Å². The summed E-state index contributed by atoms with van der Waals surface area (Å²) in [5.41, 5.74) is 0. The Hall–Kier alpha value is 0.776. The van der Waals surface area contributed by atoms with Gasteiger partial charge in [-0.25, -0.2) is 4.79 Å². The second-order valence-corrected chi connectivity index (χ2v) is 0.283. The molecule has 0 spiro atoms. The molecule has 0 unspecified atom stereocenters. The molecule has 0 aromatic heterocycles. The van der Waals surface area contributed by atoms with Gasteiger partial charge in [0.2, 0.25) is 0 Å². The zero-order valence-corrected chi connectivity index (χ0v) is 11.7. The second-order valence-electron chi connectivity index (χ2n) is 0.283. The molecule has 0 aliphatic heterocycles. The smallest absolute Gasteiger partial charge is 0 e. The Morgan fingerprint density at radius 3 is 1.33 bits per heavy atom. The summed E-state index contributed by atoms with van der Waals surface area (Å²) in [7, 11) is 0. The molecule has 0 radical (unpaired) electrons. The predicted octanol–water partition coefficient (Wildman–Crippen LogP) is -0.964. The van der Waals surface area contributed by atoms with Crippen LogP contribution in [0.2, 0.25) is 0 Å². The van der Waals surface area contributed by atoms with Crippen LogP contribution in [0.3, 0.4) is 0 Å². The van der Waals surface area contributed by atoms with Crippen molar-refractivity contribution in [1.82, 2.24) is 0 Å². The SMILES string of the molecule is O=C(O)O.[BiH3].[Zn]. The first-order valence-corrected chi connectivity index (χ1v) is 0.651. The molecule has 0 aliphatic carbocycles. The molecule has 3 nitrogen and oxygen atoms in total. The first-order valence-electron chi connectivity index (χ1n) is 0.651. The van der Waals surface area contributed by atoms with E-state index in [1.807, 2.05) is 0 Å². The van der Waals surface area contributed by atoms with Crippen molar-refractivity contribution in [3.63, 3.8) is 0 Å². The third-order valence-electron chi connectivity index (χ3n) is 0. The maximum Gasteiger partial charge on any atom is 0 e. The minimum Gasteiger partial charge on any atom is 0 e. The van der Waals surface area contributed by atoms with Gasteiger partial charge in [0.25, 0.3) is 0 Å². The molecule has 0 fully saturated rings. The third kappa shape index (κ3) is 113. The van der Waals surface area contributed by atoms with Crippen molar-refractivity contribution in [2.75, 3.05) is 0 Å². The summed E-state index contributed by atoms with van der Waals surface area (Å²) in [6.45, 7) is 0. The molecule has 0 aromatic carbocycles. The third-order valence-corrected chi connectivity index (χ3v) is 0. The zero-order chi connectivity index (χ0) is 3.58. The molecule has 34 valence electrons. The standard InChI is InChI=1S/CH2O3.Bi.Zn.3H/c2-1(3)4;;;;;/h(H2,2,3,4);;;;;. The molecule has 5 heteroatoms. The molecule has 0 aliphatic rings. The normalized spacial score (nSPS) is 4.00. The van der Waals surface area contributed by atoms with Gasteiger partial charge in [0.15, 0.2) is 0 Å². The van der Waals surface area contributed by atoms with Gasteiger partial charge in [-0.15, -0.1) is 0 Å². The first-order chi connectivity index (χ1) is 1.73. The van der Waals surface area contributed by atoms with Gasteiger partial charge in [0.05, 0.1) is 0 Å². The van der Waals surface area contributed by atoms with Crippen molar-refractivity contribution in [2.45, 2.75) is 0 Å². The van der Waals surface area contributed by atoms with Crippen LogP contribution >= 0.6 is 0 Å². The fraction of sp³-hybridized carbons (Fsp3) is 0. The van der Waals surface area contributed by atoms with Crippen molar-refractivity contribution < 1.29 is 34.5 Å². The van der Waals surface area contributed by atoms with E-state index in [0.717, 1.165) is 0 Å². The molecule has 0 rings (SSSR count). The van der Waals surface area contributed by atoms with Gasteiger partial charge in [0.1, 0.15) is 0 Å². The summed E-state index contributed by atoms with van der Waals surface area (Å²) in [6, 6.07) is 0. The largest absolute Gasteiger partial charge is 0 e. The molecule has 0 amide bonds. The molecular formula is CH5BiO3Zn. The predicted molar refractivity (Wildman–Crippen MR) is 20.6 cm³/mol. The van der Waals surface area contributed by atoms with Crippen LogP contribution in [-0.2, 0) is 19.5 Å². The van der Waals surface area contributed by atoms with Crippen LogP contribution < -0.4 is 0 Å². The van der Waals surface area contributed by atoms with E-state index in [-0.39, 0.29) is 45.7 Å². The fourth-order valence-corrected chi connectivity index (χ4v) is 0. The minimum absolute atomic E-state index is 0. The van der Waals surface area contributed by atoms with Gasteiger partial charge < -0.3 is 10.2 Å². The van der Waals surface area contributed by atoms with Crippen molar-refractivity contribution >= 4 is 32.4 Å². The molecule has 0 saturated heterocycles. The fourth-order valence-electron chi connectivity index (χ4n) is 0. The van der Waals surface area contributed by atoms with E-state index in [9.17, 15) is 0 Å². The first kappa shape index (κ1) is 15.9. The van der Waals surface area contributed by atoms with Crippen molar-refractivity contribution in [3.05, 3.63) is 0 Å². The molecule has 0 atom stereocenters. The van der Waals surface area contributed by atoms with Gasteiger partial charge in [-0.3, -0.25) is 0 Å². The van der Waals surface area contributed by atoms with Crippen molar-refractivity contribution in [1.29, 1.82) is 0 Å². The Kier molecular flexibility index (Phi) is 24.4. The molecule has 0 bridgehead atoms. The minimum atomic E-state index is -1.83. The maximum atomic E-state index is 8.56. The molecule has 0 aromatic rings. The summed E-state index contributed by atoms with van der Waals surface area (Å²) < 4.78 is 0. The number of hydrogen-bond acceptors (Lipinski definition) is 1. The van der Waals surface area contributed by atoms with E-state index in [0.29, 0.717) is 0 Å². The van der Waals surface area contributed by atoms with Crippen molar-refractivity contribution in [2.24, 2.45) is 0 Å². The number of carboxylic acid groups (broad SMARTS) is 2. The van der Waals surface area contributed by atoms with Gasteiger partial charge in [-0.05, 0) is 0 Å². The monoisotopic (exact) mass is 338 g/mol. The van der Waals surface area contributed by atoms with Crippen molar-refractivity contribution in [3.8, 4) is 0 Å². The molecule has 0 saturated carbocycles. The van der Waals surface area contributed by atoms with E-state index in [1.54, 1.807) is 0 Å². The van der Waals surface area contributed by atoms with E-state index in [1.165, 1.54) is 0 Å². The molecule has 6 heavy (non-hydrogen) atoms. The zero-order valence-electron chi connectivity index (χ0n) is 3.22. The summed E-state index contributed by atoms with van der Waals surface area (Å²) >= 11 is 0. The molecular weight excluding hydrogens is 334 g/mol. The van der Waals surface area contributed by atoms with Gasteiger partial charge in [-0.1, -0.05) is 0 Å². The van der Waals surface area contributed by atoms with Crippen LogP contribution in [0, 0.1) is 0 Å². The van der Waals surface area contributed by atoms with Crippen LogP contribution in [-0.4, -0.2) is 42.6 Å². The van der Waals surface area contributed by atoms with Crippen LogP contribution in [0.4, 0.5) is 4.79 Å². The van der Waals surface area contributed by atoms with Crippen LogP contribution in [0.25, 0.3) is 0 Å². The van der Waals surface area contributed by atoms with E-state index >= 15 is 0 Å².